The second kappa shape index (κ2) is 13.7. The van der Waals surface area contributed by atoms with Crippen molar-refractivity contribution in [1.29, 1.82) is 0 Å². The van der Waals surface area contributed by atoms with Crippen LogP contribution in [0, 0.1) is 17.3 Å². The van der Waals surface area contributed by atoms with Gasteiger partial charge in [-0.2, -0.15) is 0 Å². The molecule has 38 heavy (non-hydrogen) atoms. The molecule has 208 valence electrons. The Morgan fingerprint density at radius 1 is 1.11 bits per heavy atom. The smallest absolute Gasteiger partial charge is 0.309 e. The summed E-state index contributed by atoms with van der Waals surface area (Å²) in [5.74, 6) is 0.230. The monoisotopic (exact) mass is 536 g/mol. The third kappa shape index (κ3) is 8.65. The van der Waals surface area contributed by atoms with Crippen LogP contribution < -0.4 is 0 Å². The number of fused-ring (bicyclic) bond motifs is 1. The minimum absolute atomic E-state index is 0.00900. The third-order valence-electron chi connectivity index (χ3n) is 7.66. The molecule has 0 aromatic heterocycles. The molecule has 0 bridgehead atoms. The summed E-state index contributed by atoms with van der Waals surface area (Å²) < 4.78 is 11.6. The molecule has 4 atom stereocenters. The van der Waals surface area contributed by atoms with Crippen LogP contribution in [0.5, 0.6) is 0 Å². The van der Waals surface area contributed by atoms with Gasteiger partial charge in [-0.3, -0.25) is 4.79 Å². The van der Waals surface area contributed by atoms with Crippen LogP contribution in [0.25, 0.3) is 0 Å². The minimum Gasteiger partial charge on any atom is -0.466 e. The van der Waals surface area contributed by atoms with E-state index in [0.717, 1.165) is 36.8 Å². The van der Waals surface area contributed by atoms with Gasteiger partial charge in [0.25, 0.3) is 0 Å². The van der Waals surface area contributed by atoms with Crippen LogP contribution in [0.1, 0.15) is 82.6 Å². The summed E-state index contributed by atoms with van der Waals surface area (Å²) in [5, 5.41) is 11.7. The highest BCUT2D eigenvalue weighted by molar-refractivity contribution is 6.48. The van der Waals surface area contributed by atoms with Gasteiger partial charge in [-0.1, -0.05) is 87.5 Å². The molecule has 3 rings (SSSR count). The van der Waals surface area contributed by atoms with Crippen molar-refractivity contribution in [2.75, 3.05) is 6.61 Å². The number of ether oxygens (including phenoxy) is 1. The molecule has 2 aromatic carbocycles. The first kappa shape index (κ1) is 30.3. The van der Waals surface area contributed by atoms with Gasteiger partial charge in [0, 0.05) is 0 Å². The van der Waals surface area contributed by atoms with Crippen molar-refractivity contribution in [3.63, 3.8) is 0 Å². The van der Waals surface area contributed by atoms with E-state index in [4.69, 9.17) is 9.16 Å². The summed E-state index contributed by atoms with van der Waals surface area (Å²) >= 11 is 0. The van der Waals surface area contributed by atoms with Crippen LogP contribution in [0.2, 0.25) is 13.1 Å². The maximum atomic E-state index is 12.4. The highest BCUT2D eigenvalue weighted by Crippen LogP contribution is 2.42. The Hall–Kier alpha value is -2.21. The van der Waals surface area contributed by atoms with Gasteiger partial charge in [0.1, 0.15) is 5.60 Å². The first-order valence-corrected chi connectivity index (χ1v) is 17.1. The zero-order valence-corrected chi connectivity index (χ0v) is 25.4. The SMILES string of the molecule is CCOC(=O)CC1(O)CC(C=CC(CCCC(O[SiH](C)C)c2ccccc2)C(C)(C)C)Cc2ccccc21. The number of allylic oxidation sites excluding steroid dienone is 2. The van der Waals surface area contributed by atoms with Crippen LogP contribution in [-0.4, -0.2) is 26.7 Å². The number of aliphatic hydroxyl groups is 1. The standard InChI is InChI=1S/C33H48O4Si/c1-7-36-31(34)24-33(35)23-25(22-27-16-11-12-18-29(27)33)20-21-28(32(2,3)4)17-13-19-30(37-38(5)6)26-14-9-8-10-15-26/h8-12,14-16,18,20-21,25,28,30,35,38H,7,13,17,19,22-24H2,1-6H3. The van der Waals surface area contributed by atoms with Crippen molar-refractivity contribution >= 4 is 15.0 Å². The molecule has 0 aliphatic heterocycles. The topological polar surface area (TPSA) is 55.8 Å². The van der Waals surface area contributed by atoms with Crippen LogP contribution >= 0.6 is 0 Å². The molecule has 0 spiro atoms. The summed E-state index contributed by atoms with van der Waals surface area (Å²) in [4.78, 5) is 12.4. The summed E-state index contributed by atoms with van der Waals surface area (Å²) in [6.07, 6.45) is 9.43. The van der Waals surface area contributed by atoms with Gasteiger partial charge in [0.15, 0.2) is 9.04 Å². The molecule has 4 unspecified atom stereocenters. The molecule has 4 nitrogen and oxygen atoms in total. The maximum Gasteiger partial charge on any atom is 0.309 e. The Balaban J connectivity index is 1.71. The van der Waals surface area contributed by atoms with E-state index in [1.807, 2.05) is 18.2 Å². The molecule has 0 fully saturated rings. The Labute approximate surface area is 232 Å². The van der Waals surface area contributed by atoms with Crippen LogP contribution in [0.3, 0.4) is 0 Å². The van der Waals surface area contributed by atoms with Gasteiger partial charge in [0.05, 0.1) is 19.1 Å². The predicted octanol–water partition coefficient (Wildman–Crippen LogP) is 7.52. The molecule has 5 heteroatoms. The van der Waals surface area contributed by atoms with Gasteiger partial charge >= 0.3 is 5.97 Å². The van der Waals surface area contributed by atoms with Gasteiger partial charge in [-0.05, 0) is 86.1 Å². The number of hydrogen-bond donors (Lipinski definition) is 1. The lowest BCUT2D eigenvalue weighted by atomic mass is 9.71. The van der Waals surface area contributed by atoms with Crippen LogP contribution in [0.15, 0.2) is 66.7 Å². The Morgan fingerprint density at radius 2 is 1.79 bits per heavy atom. The van der Waals surface area contributed by atoms with Gasteiger partial charge in [0.2, 0.25) is 0 Å². The molecule has 0 amide bonds. The second-order valence-electron chi connectivity index (χ2n) is 12.2. The number of carbonyl (C=O) groups is 1. The quantitative estimate of drug-likeness (QED) is 0.173. The molecule has 0 radical (unpaired) electrons. The Morgan fingerprint density at radius 3 is 2.45 bits per heavy atom. The second-order valence-corrected chi connectivity index (χ2v) is 14.6. The maximum absolute atomic E-state index is 12.4. The van der Waals surface area contributed by atoms with E-state index >= 15 is 0 Å². The average molecular weight is 537 g/mol. The van der Waals surface area contributed by atoms with Crippen molar-refractivity contribution in [3.05, 3.63) is 83.4 Å². The molecular weight excluding hydrogens is 488 g/mol. The van der Waals surface area contributed by atoms with E-state index in [9.17, 15) is 9.90 Å². The highest BCUT2D eigenvalue weighted by atomic mass is 28.3. The van der Waals surface area contributed by atoms with E-state index in [1.54, 1.807) is 6.92 Å². The summed E-state index contributed by atoms with van der Waals surface area (Å²) in [7, 11) is -1.16. The van der Waals surface area contributed by atoms with Crippen LogP contribution in [-0.2, 0) is 26.0 Å². The zero-order valence-electron chi connectivity index (χ0n) is 24.3. The third-order valence-corrected chi connectivity index (χ3v) is 8.53. The van der Waals surface area contributed by atoms with E-state index in [2.05, 4.69) is 82.4 Å². The van der Waals surface area contributed by atoms with Crippen molar-refractivity contribution < 1.29 is 19.1 Å². The van der Waals surface area contributed by atoms with Gasteiger partial charge in [-0.15, -0.1) is 0 Å². The Bertz CT molecular complexity index is 1040. The molecule has 1 N–H and O–H groups in total. The fraction of sp³-hybridized carbons (Fsp3) is 0.545. The summed E-state index contributed by atoms with van der Waals surface area (Å²) in [6.45, 7) is 13.5. The molecule has 0 saturated carbocycles. The average Bonchev–Trinajstić information content (AvgIpc) is 2.85. The van der Waals surface area contributed by atoms with E-state index < -0.39 is 14.6 Å². The number of carbonyl (C=O) groups excluding carboxylic acids is 1. The first-order chi connectivity index (χ1) is 18.0. The zero-order chi connectivity index (χ0) is 27.8. The van der Waals surface area contributed by atoms with Crippen molar-refractivity contribution in [2.24, 2.45) is 17.3 Å². The lowest BCUT2D eigenvalue weighted by Crippen LogP contribution is -2.37. The fourth-order valence-corrected chi connectivity index (χ4v) is 6.70. The molecule has 1 aliphatic carbocycles. The first-order valence-electron chi connectivity index (χ1n) is 14.4. The molecule has 1 aliphatic rings. The largest absolute Gasteiger partial charge is 0.466 e. The fourth-order valence-electron chi connectivity index (χ4n) is 5.75. The van der Waals surface area contributed by atoms with Crippen molar-refractivity contribution in [2.45, 2.75) is 91.0 Å². The predicted molar refractivity (Wildman–Crippen MR) is 158 cm³/mol. The number of hydrogen-bond acceptors (Lipinski definition) is 4. The molecule has 2 aromatic rings. The summed E-state index contributed by atoms with van der Waals surface area (Å²) in [6, 6.07) is 18.6. The van der Waals surface area contributed by atoms with E-state index in [-0.39, 0.29) is 29.8 Å². The van der Waals surface area contributed by atoms with Gasteiger partial charge in [-0.25, -0.2) is 0 Å². The lowest BCUT2D eigenvalue weighted by Gasteiger charge is -2.37. The summed E-state index contributed by atoms with van der Waals surface area (Å²) in [5.41, 5.74) is 2.19. The normalized spacial score (nSPS) is 21.3. The Kier molecular flexibility index (Phi) is 11.0. The molecule has 0 heterocycles. The van der Waals surface area contributed by atoms with E-state index in [0.29, 0.717) is 18.9 Å². The highest BCUT2D eigenvalue weighted by Gasteiger charge is 2.40. The lowest BCUT2D eigenvalue weighted by molar-refractivity contribution is -0.150. The van der Waals surface area contributed by atoms with Gasteiger partial charge < -0.3 is 14.3 Å². The molecule has 0 saturated heterocycles. The molecular formula is C33H48O4Si. The number of esters is 1. The van der Waals surface area contributed by atoms with Crippen molar-refractivity contribution in [3.8, 4) is 0 Å². The van der Waals surface area contributed by atoms with Crippen molar-refractivity contribution in [1.82, 2.24) is 0 Å². The van der Waals surface area contributed by atoms with Crippen LogP contribution in [0.4, 0.5) is 0 Å². The number of rotatable bonds is 12. The number of benzene rings is 2. The van der Waals surface area contributed by atoms with E-state index in [1.165, 1.54) is 5.56 Å². The minimum atomic E-state index is -1.20.